The summed E-state index contributed by atoms with van der Waals surface area (Å²) in [5, 5.41) is 0. The van der Waals surface area contributed by atoms with E-state index >= 15 is 0 Å². The molecule has 0 aliphatic rings. The fourth-order valence-corrected chi connectivity index (χ4v) is 7.55. The van der Waals surface area contributed by atoms with E-state index in [2.05, 4.69) is 48.1 Å². The monoisotopic (exact) mass is 368 g/mol. The number of aromatic nitrogens is 2. The maximum absolute atomic E-state index is 4.42. The lowest BCUT2D eigenvalue weighted by Crippen LogP contribution is -1.88. The van der Waals surface area contributed by atoms with Crippen molar-refractivity contribution >= 4 is 41.2 Å². The number of nitrogens with zero attached hydrogens (tertiary/aromatic N) is 2. The highest BCUT2D eigenvalue weighted by molar-refractivity contribution is 9.25. The molecule has 2 aromatic rings. The van der Waals surface area contributed by atoms with Crippen LogP contribution in [0.3, 0.4) is 0 Å². The molecule has 0 radical (unpaired) electrons. The molecule has 2 heterocycles. The number of aryl methyl sites for hydroxylation is 2. The Hall–Kier alpha value is -0.300. The molecule has 0 N–H and O–H groups in total. The van der Waals surface area contributed by atoms with Crippen molar-refractivity contribution in [3.05, 3.63) is 59.2 Å². The van der Waals surface area contributed by atoms with Gasteiger partial charge in [-0.1, -0.05) is 47.6 Å². The van der Waals surface area contributed by atoms with Crippen molar-refractivity contribution in [2.75, 3.05) is 0 Å². The van der Waals surface area contributed by atoms with Crippen LogP contribution in [-0.4, -0.2) is 9.97 Å². The first-order valence-electron chi connectivity index (χ1n) is 7.27. The van der Waals surface area contributed by atoms with Crippen LogP contribution in [0.1, 0.15) is 36.4 Å². The van der Waals surface area contributed by atoms with Crippen LogP contribution in [-0.2, 0) is 24.3 Å². The minimum atomic E-state index is 1.00. The standard InChI is InChI=1S/C16H20N2S4/c1-3-15-7-5-13(9-17-15)11-19-21-22-20-12-14-6-8-16(4-2)18-10-14/h5-10H,3-4,11-12H2,1-2H3. The highest BCUT2D eigenvalue weighted by Gasteiger charge is 1.99. The molecule has 0 saturated heterocycles. The van der Waals surface area contributed by atoms with Crippen LogP contribution >= 0.6 is 41.2 Å². The summed E-state index contributed by atoms with van der Waals surface area (Å²) in [5.41, 5.74) is 4.90. The van der Waals surface area contributed by atoms with E-state index in [4.69, 9.17) is 0 Å². The normalized spacial score (nSPS) is 10.8. The number of hydrogen-bond donors (Lipinski definition) is 0. The lowest BCUT2D eigenvalue weighted by molar-refractivity contribution is 1.03. The van der Waals surface area contributed by atoms with Crippen molar-refractivity contribution in [1.82, 2.24) is 9.97 Å². The fourth-order valence-electron chi connectivity index (χ4n) is 1.72. The van der Waals surface area contributed by atoms with Gasteiger partial charge in [-0.2, -0.15) is 0 Å². The Morgan fingerprint density at radius 2 is 1.18 bits per heavy atom. The minimum Gasteiger partial charge on any atom is -0.261 e. The van der Waals surface area contributed by atoms with Gasteiger partial charge >= 0.3 is 0 Å². The first kappa shape index (κ1) is 18.0. The predicted octanol–water partition coefficient (Wildman–Crippen LogP) is 5.98. The van der Waals surface area contributed by atoms with E-state index in [0.29, 0.717) is 0 Å². The Kier molecular flexibility index (Phi) is 8.59. The Labute approximate surface area is 148 Å². The molecule has 0 aliphatic carbocycles. The second kappa shape index (κ2) is 10.5. The summed E-state index contributed by atoms with van der Waals surface area (Å²) < 4.78 is 0. The van der Waals surface area contributed by atoms with Gasteiger partial charge in [0.25, 0.3) is 0 Å². The van der Waals surface area contributed by atoms with Gasteiger partial charge in [-0.15, -0.1) is 0 Å². The van der Waals surface area contributed by atoms with Crippen molar-refractivity contribution in [3.8, 4) is 0 Å². The second-order valence-electron chi connectivity index (χ2n) is 4.68. The zero-order chi connectivity index (χ0) is 15.6. The van der Waals surface area contributed by atoms with Crippen molar-refractivity contribution in [3.63, 3.8) is 0 Å². The topological polar surface area (TPSA) is 25.8 Å². The fraction of sp³-hybridized carbons (Fsp3) is 0.375. The first-order valence-corrected chi connectivity index (χ1v) is 12.4. The van der Waals surface area contributed by atoms with Crippen molar-refractivity contribution in [2.45, 2.75) is 38.2 Å². The SMILES string of the molecule is CCc1ccc(CSSSSCc2ccc(CC)nc2)cn1. The minimum absolute atomic E-state index is 1.00. The maximum atomic E-state index is 4.42. The molecule has 0 unspecified atom stereocenters. The molecule has 2 nitrogen and oxygen atoms in total. The van der Waals surface area contributed by atoms with Gasteiger partial charge in [0.15, 0.2) is 0 Å². The second-order valence-corrected chi connectivity index (χ2v) is 10.7. The number of rotatable bonds is 9. The molecule has 0 bridgehead atoms. The summed E-state index contributed by atoms with van der Waals surface area (Å²) in [7, 11) is 7.39. The highest BCUT2D eigenvalue weighted by Crippen LogP contribution is 2.45. The van der Waals surface area contributed by atoms with Gasteiger partial charge < -0.3 is 0 Å². The average molecular weight is 369 g/mol. The molecule has 118 valence electrons. The zero-order valence-corrected chi connectivity index (χ0v) is 16.1. The van der Waals surface area contributed by atoms with Crippen LogP contribution in [0.5, 0.6) is 0 Å². The Bertz CT molecular complexity index is 492. The van der Waals surface area contributed by atoms with Crippen LogP contribution < -0.4 is 0 Å². The quantitative estimate of drug-likeness (QED) is 0.399. The highest BCUT2D eigenvalue weighted by atomic mass is 33.7. The molecule has 0 atom stereocenters. The zero-order valence-electron chi connectivity index (χ0n) is 12.8. The van der Waals surface area contributed by atoms with Crippen molar-refractivity contribution in [2.24, 2.45) is 0 Å². The molecule has 0 aromatic carbocycles. The summed E-state index contributed by atoms with van der Waals surface area (Å²) in [6.07, 6.45) is 5.99. The van der Waals surface area contributed by atoms with Gasteiger partial charge in [0, 0.05) is 35.3 Å². The van der Waals surface area contributed by atoms with Crippen LogP contribution in [0, 0.1) is 0 Å². The summed E-state index contributed by atoms with van der Waals surface area (Å²) in [4.78, 5) is 8.85. The van der Waals surface area contributed by atoms with Crippen LogP contribution in [0.25, 0.3) is 0 Å². The van der Waals surface area contributed by atoms with Crippen LogP contribution in [0.15, 0.2) is 36.7 Å². The van der Waals surface area contributed by atoms with Gasteiger partial charge in [0.2, 0.25) is 0 Å². The maximum Gasteiger partial charge on any atom is 0.0401 e. The summed E-state index contributed by atoms with van der Waals surface area (Å²) in [6, 6.07) is 8.60. The molecule has 6 heteroatoms. The Balaban J connectivity index is 1.58. The lowest BCUT2D eigenvalue weighted by atomic mass is 10.2. The molecule has 0 amide bonds. The van der Waals surface area contributed by atoms with Crippen molar-refractivity contribution < 1.29 is 0 Å². The van der Waals surface area contributed by atoms with Gasteiger partial charge in [0.1, 0.15) is 0 Å². The van der Waals surface area contributed by atoms with Gasteiger partial charge in [0.05, 0.1) is 0 Å². The van der Waals surface area contributed by atoms with Gasteiger partial charge in [-0.25, -0.2) is 0 Å². The third-order valence-corrected chi connectivity index (χ3v) is 9.41. The Morgan fingerprint density at radius 1 is 0.727 bits per heavy atom. The predicted molar refractivity (Wildman–Crippen MR) is 105 cm³/mol. The van der Waals surface area contributed by atoms with E-state index in [1.54, 1.807) is 0 Å². The third-order valence-electron chi connectivity index (χ3n) is 3.07. The van der Waals surface area contributed by atoms with E-state index in [1.807, 2.05) is 53.6 Å². The van der Waals surface area contributed by atoms with E-state index in [-0.39, 0.29) is 0 Å². The van der Waals surface area contributed by atoms with E-state index < -0.39 is 0 Å². The lowest BCUT2D eigenvalue weighted by Gasteiger charge is -2.03. The molecular formula is C16H20N2S4. The van der Waals surface area contributed by atoms with Crippen LogP contribution in [0.4, 0.5) is 0 Å². The third kappa shape index (κ3) is 6.44. The molecular weight excluding hydrogens is 348 g/mol. The first-order chi connectivity index (χ1) is 10.8. The van der Waals surface area contributed by atoms with E-state index in [0.717, 1.165) is 35.7 Å². The van der Waals surface area contributed by atoms with E-state index in [1.165, 1.54) is 11.1 Å². The van der Waals surface area contributed by atoms with Crippen LogP contribution in [0.2, 0.25) is 0 Å². The largest absolute Gasteiger partial charge is 0.261 e. The summed E-state index contributed by atoms with van der Waals surface area (Å²) in [6.45, 7) is 4.26. The molecule has 2 rings (SSSR count). The smallest absolute Gasteiger partial charge is 0.0401 e. The van der Waals surface area contributed by atoms with Gasteiger partial charge in [-0.05, 0) is 55.8 Å². The Morgan fingerprint density at radius 3 is 1.50 bits per heavy atom. The molecule has 22 heavy (non-hydrogen) atoms. The molecule has 0 saturated carbocycles. The molecule has 0 spiro atoms. The number of hydrogen-bond acceptors (Lipinski definition) is 6. The molecule has 0 aliphatic heterocycles. The molecule has 0 fully saturated rings. The van der Waals surface area contributed by atoms with E-state index in [9.17, 15) is 0 Å². The van der Waals surface area contributed by atoms with Gasteiger partial charge in [-0.3, -0.25) is 9.97 Å². The average Bonchev–Trinajstić information content (AvgIpc) is 2.59. The molecule has 2 aromatic heterocycles. The van der Waals surface area contributed by atoms with Crippen molar-refractivity contribution in [1.29, 1.82) is 0 Å². The summed E-state index contributed by atoms with van der Waals surface area (Å²) in [5.74, 6) is 2.00. The summed E-state index contributed by atoms with van der Waals surface area (Å²) >= 11 is 0. The number of pyridine rings is 2.